The van der Waals surface area contributed by atoms with E-state index in [1.807, 2.05) is 36.4 Å². The van der Waals surface area contributed by atoms with E-state index in [4.69, 9.17) is 9.47 Å². The van der Waals surface area contributed by atoms with Crippen molar-refractivity contribution in [1.82, 2.24) is 9.97 Å². The highest BCUT2D eigenvalue weighted by Gasteiger charge is 2.14. The van der Waals surface area contributed by atoms with Gasteiger partial charge in [0.15, 0.2) is 0 Å². The van der Waals surface area contributed by atoms with Gasteiger partial charge >= 0.3 is 0 Å². The van der Waals surface area contributed by atoms with Crippen LogP contribution in [0.4, 0.5) is 11.5 Å². The molecule has 1 aromatic heterocycles. The van der Waals surface area contributed by atoms with Gasteiger partial charge in [0.2, 0.25) is 0 Å². The number of carbonyl (C=O) groups is 1. The minimum atomic E-state index is -0.179. The molecule has 1 aliphatic heterocycles. The minimum Gasteiger partial charge on any atom is -0.497 e. The number of rotatable bonds is 5. The van der Waals surface area contributed by atoms with Crippen LogP contribution in [0.25, 0.3) is 11.3 Å². The second kappa shape index (κ2) is 8.70. The maximum Gasteiger partial charge on any atom is 0.255 e. The fourth-order valence-corrected chi connectivity index (χ4v) is 3.17. The summed E-state index contributed by atoms with van der Waals surface area (Å²) in [6.45, 7) is 3.05. The van der Waals surface area contributed by atoms with E-state index < -0.39 is 0 Å². The van der Waals surface area contributed by atoms with E-state index >= 15 is 0 Å². The Morgan fingerprint density at radius 2 is 1.86 bits per heavy atom. The van der Waals surface area contributed by atoms with Crippen molar-refractivity contribution in [2.24, 2.45) is 0 Å². The van der Waals surface area contributed by atoms with Gasteiger partial charge in [0.1, 0.15) is 17.9 Å². The Morgan fingerprint density at radius 3 is 2.62 bits per heavy atom. The first-order chi connectivity index (χ1) is 14.2. The summed E-state index contributed by atoms with van der Waals surface area (Å²) in [5, 5.41) is 2.88. The van der Waals surface area contributed by atoms with Crippen LogP contribution in [0.15, 0.2) is 60.9 Å². The lowest BCUT2D eigenvalue weighted by Crippen LogP contribution is -2.36. The number of hydrogen-bond acceptors (Lipinski definition) is 6. The molecule has 2 heterocycles. The molecule has 2 aromatic carbocycles. The number of ether oxygens (including phenoxy) is 2. The van der Waals surface area contributed by atoms with Crippen LogP contribution in [0.2, 0.25) is 0 Å². The topological polar surface area (TPSA) is 76.6 Å². The molecule has 0 saturated carbocycles. The first-order valence-corrected chi connectivity index (χ1v) is 9.43. The number of morpholine rings is 1. The molecule has 0 bridgehead atoms. The number of nitrogens with one attached hydrogen (secondary N) is 1. The van der Waals surface area contributed by atoms with Gasteiger partial charge in [-0.3, -0.25) is 4.79 Å². The second-order valence-electron chi connectivity index (χ2n) is 6.62. The number of carbonyl (C=O) groups excluding carboxylic acids is 1. The number of aromatic nitrogens is 2. The molecule has 1 fully saturated rings. The summed E-state index contributed by atoms with van der Waals surface area (Å²) in [6, 6.07) is 16.6. The van der Waals surface area contributed by atoms with E-state index in [0.29, 0.717) is 30.2 Å². The van der Waals surface area contributed by atoms with Gasteiger partial charge in [0.25, 0.3) is 5.91 Å². The van der Waals surface area contributed by atoms with E-state index in [0.717, 1.165) is 30.2 Å². The summed E-state index contributed by atoms with van der Waals surface area (Å²) in [5.41, 5.74) is 3.00. The number of methoxy groups -OCH3 is 1. The smallest absolute Gasteiger partial charge is 0.255 e. The average Bonchev–Trinajstić information content (AvgIpc) is 2.80. The zero-order valence-corrected chi connectivity index (χ0v) is 16.2. The number of anilines is 2. The predicted octanol–water partition coefficient (Wildman–Crippen LogP) is 3.24. The summed E-state index contributed by atoms with van der Waals surface area (Å²) in [7, 11) is 1.59. The van der Waals surface area contributed by atoms with Gasteiger partial charge in [-0.15, -0.1) is 0 Å². The van der Waals surface area contributed by atoms with Gasteiger partial charge in [0, 0.05) is 42.0 Å². The van der Waals surface area contributed by atoms with Gasteiger partial charge in [-0.05, 0) is 24.3 Å². The van der Waals surface area contributed by atoms with E-state index in [1.54, 1.807) is 31.6 Å². The first-order valence-electron chi connectivity index (χ1n) is 9.43. The largest absolute Gasteiger partial charge is 0.497 e. The van der Waals surface area contributed by atoms with Crippen molar-refractivity contribution in [3.8, 4) is 17.0 Å². The Hall–Kier alpha value is -3.45. The third-order valence-corrected chi connectivity index (χ3v) is 4.76. The Morgan fingerprint density at radius 1 is 1.07 bits per heavy atom. The fourth-order valence-electron chi connectivity index (χ4n) is 3.17. The highest BCUT2D eigenvalue weighted by Crippen LogP contribution is 2.23. The number of nitrogens with zero attached hydrogens (tertiary/aromatic N) is 3. The molecule has 0 unspecified atom stereocenters. The molecule has 0 atom stereocenters. The zero-order valence-electron chi connectivity index (χ0n) is 16.2. The van der Waals surface area contributed by atoms with Crippen molar-refractivity contribution in [3.63, 3.8) is 0 Å². The van der Waals surface area contributed by atoms with Crippen molar-refractivity contribution >= 4 is 17.4 Å². The second-order valence-corrected chi connectivity index (χ2v) is 6.62. The van der Waals surface area contributed by atoms with Crippen LogP contribution in [0.3, 0.4) is 0 Å². The summed E-state index contributed by atoms with van der Waals surface area (Å²) < 4.78 is 10.6. The lowest BCUT2D eigenvalue weighted by atomic mass is 10.1. The van der Waals surface area contributed by atoms with Crippen molar-refractivity contribution in [2.75, 3.05) is 43.6 Å². The fraction of sp³-hybridized carbons (Fsp3) is 0.227. The van der Waals surface area contributed by atoms with Crippen molar-refractivity contribution in [2.45, 2.75) is 0 Å². The minimum absolute atomic E-state index is 0.179. The van der Waals surface area contributed by atoms with Gasteiger partial charge < -0.3 is 19.7 Å². The first kappa shape index (κ1) is 18.9. The molecule has 1 saturated heterocycles. The molecule has 7 nitrogen and oxygen atoms in total. The van der Waals surface area contributed by atoms with Crippen LogP contribution in [0.1, 0.15) is 10.4 Å². The lowest BCUT2D eigenvalue weighted by molar-refractivity contribution is 0.102. The number of benzene rings is 2. The third-order valence-electron chi connectivity index (χ3n) is 4.76. The third kappa shape index (κ3) is 4.52. The molecule has 1 aliphatic rings. The summed E-state index contributed by atoms with van der Waals surface area (Å²) in [6.07, 6.45) is 1.57. The van der Waals surface area contributed by atoms with E-state index in [-0.39, 0.29) is 5.91 Å². The van der Waals surface area contributed by atoms with Gasteiger partial charge in [-0.2, -0.15) is 0 Å². The lowest BCUT2D eigenvalue weighted by Gasteiger charge is -2.27. The molecule has 3 aromatic rings. The van der Waals surface area contributed by atoms with Gasteiger partial charge in [-0.25, -0.2) is 9.97 Å². The van der Waals surface area contributed by atoms with Gasteiger partial charge in [-0.1, -0.05) is 18.2 Å². The summed E-state index contributed by atoms with van der Waals surface area (Å²) in [4.78, 5) is 23.5. The van der Waals surface area contributed by atoms with Crippen LogP contribution in [0.5, 0.6) is 5.75 Å². The van der Waals surface area contributed by atoms with Crippen LogP contribution >= 0.6 is 0 Å². The molecule has 1 N–H and O–H groups in total. The molecule has 7 heteroatoms. The summed E-state index contributed by atoms with van der Waals surface area (Å²) >= 11 is 0. The number of amides is 1. The molecule has 29 heavy (non-hydrogen) atoms. The molecular weight excluding hydrogens is 368 g/mol. The molecule has 4 rings (SSSR count). The Balaban J connectivity index is 1.48. The normalized spacial score (nSPS) is 13.8. The van der Waals surface area contributed by atoms with Crippen LogP contribution < -0.4 is 15.0 Å². The standard InChI is InChI=1S/C22H22N4O3/c1-28-19-4-2-3-18(13-19)25-22(27)17-7-5-16(6-8-17)20-14-21(24-15-23-20)26-9-11-29-12-10-26/h2-8,13-15H,9-12H2,1H3,(H,25,27). The van der Waals surface area contributed by atoms with E-state index in [2.05, 4.69) is 20.2 Å². The van der Waals surface area contributed by atoms with Crippen LogP contribution in [-0.4, -0.2) is 49.3 Å². The molecule has 0 spiro atoms. The van der Waals surface area contributed by atoms with Crippen molar-refractivity contribution in [3.05, 3.63) is 66.5 Å². The average molecular weight is 390 g/mol. The predicted molar refractivity (Wildman–Crippen MR) is 111 cm³/mol. The molecule has 1 amide bonds. The molecule has 0 aliphatic carbocycles. The Kier molecular flexibility index (Phi) is 5.67. The Bertz CT molecular complexity index is 985. The molecule has 148 valence electrons. The maximum absolute atomic E-state index is 12.5. The monoisotopic (exact) mass is 390 g/mol. The van der Waals surface area contributed by atoms with E-state index in [1.165, 1.54) is 0 Å². The SMILES string of the molecule is COc1cccc(NC(=O)c2ccc(-c3cc(N4CCOCC4)ncn3)cc2)c1. The molecule has 0 radical (unpaired) electrons. The van der Waals surface area contributed by atoms with Crippen LogP contribution in [0, 0.1) is 0 Å². The maximum atomic E-state index is 12.5. The zero-order chi connectivity index (χ0) is 20.1. The van der Waals surface area contributed by atoms with E-state index in [9.17, 15) is 4.79 Å². The Labute approximate surface area is 169 Å². The summed E-state index contributed by atoms with van der Waals surface area (Å²) in [5.74, 6) is 1.40. The van der Waals surface area contributed by atoms with Gasteiger partial charge in [0.05, 0.1) is 26.0 Å². The highest BCUT2D eigenvalue weighted by molar-refractivity contribution is 6.04. The van der Waals surface area contributed by atoms with Crippen molar-refractivity contribution < 1.29 is 14.3 Å². The molecular formula is C22H22N4O3. The number of hydrogen-bond donors (Lipinski definition) is 1. The highest BCUT2D eigenvalue weighted by atomic mass is 16.5. The van der Waals surface area contributed by atoms with Crippen LogP contribution in [-0.2, 0) is 4.74 Å². The quantitative estimate of drug-likeness (QED) is 0.721. The van der Waals surface area contributed by atoms with Crippen molar-refractivity contribution in [1.29, 1.82) is 0 Å².